The molecule has 0 radical (unpaired) electrons. The number of hydrogen-bond donors (Lipinski definition) is 1. The smallest absolute Gasteiger partial charge is 0.312 e. The van der Waals surface area contributed by atoms with Gasteiger partial charge in [0.2, 0.25) is 5.95 Å². The zero-order chi connectivity index (χ0) is 26.8. The Labute approximate surface area is 199 Å². The summed E-state index contributed by atoms with van der Waals surface area (Å²) in [6.45, 7) is 9.93. The van der Waals surface area contributed by atoms with Gasteiger partial charge in [-0.15, -0.1) is 0 Å². The number of alkyl halides is 8. The Kier molecular flexibility index (Phi) is 8.84. The standard InChI is InChI=1S/C20H27F3N4.C3H3F5/c1-5-7-24-12-16-18(20(21,22)23)25-19-26(16)8-6-9-27(19)17-14(3)10-13(2)11-15(17)4;1-2(4,5)3(6,7)8/h10-11,24H,5-9,12H2,1-4H3;1H3. The van der Waals surface area contributed by atoms with Gasteiger partial charge in [-0.1, -0.05) is 24.6 Å². The summed E-state index contributed by atoms with van der Waals surface area (Å²) in [7, 11) is 0. The molecule has 0 bridgehead atoms. The molecule has 0 saturated heterocycles. The number of nitrogens with one attached hydrogen (secondary N) is 1. The number of rotatable bonds is 5. The van der Waals surface area contributed by atoms with Crippen LogP contribution in [0, 0.1) is 20.8 Å². The van der Waals surface area contributed by atoms with Crippen molar-refractivity contribution >= 4 is 11.6 Å². The van der Waals surface area contributed by atoms with E-state index < -0.39 is 24.0 Å². The molecule has 1 aliphatic heterocycles. The minimum atomic E-state index is -5.40. The van der Waals surface area contributed by atoms with Crippen molar-refractivity contribution in [2.24, 2.45) is 0 Å². The number of benzene rings is 1. The van der Waals surface area contributed by atoms with Crippen LogP contribution in [-0.4, -0.2) is 34.7 Å². The third-order valence-electron chi connectivity index (χ3n) is 5.45. The highest BCUT2D eigenvalue weighted by Gasteiger charge is 2.53. The van der Waals surface area contributed by atoms with Crippen molar-refractivity contribution in [1.82, 2.24) is 14.9 Å². The molecule has 0 atom stereocenters. The predicted molar refractivity (Wildman–Crippen MR) is 118 cm³/mol. The van der Waals surface area contributed by atoms with Crippen LogP contribution >= 0.6 is 0 Å². The minimum absolute atomic E-state index is 0.176. The number of imidazole rings is 1. The first-order valence-corrected chi connectivity index (χ1v) is 11.2. The van der Waals surface area contributed by atoms with Crippen molar-refractivity contribution in [2.45, 2.75) is 78.8 Å². The van der Waals surface area contributed by atoms with Crippen LogP contribution in [0.5, 0.6) is 0 Å². The van der Waals surface area contributed by atoms with Crippen molar-refractivity contribution in [3.63, 3.8) is 0 Å². The molecule has 1 aliphatic rings. The summed E-state index contributed by atoms with van der Waals surface area (Å²) in [4.78, 5) is 6.04. The lowest BCUT2D eigenvalue weighted by Crippen LogP contribution is -2.32. The molecule has 0 unspecified atom stereocenters. The van der Waals surface area contributed by atoms with Gasteiger partial charge in [0, 0.05) is 32.2 Å². The lowest BCUT2D eigenvalue weighted by molar-refractivity contribution is -0.273. The van der Waals surface area contributed by atoms with Gasteiger partial charge in [-0.05, 0) is 51.3 Å². The van der Waals surface area contributed by atoms with E-state index in [2.05, 4.69) is 22.4 Å². The molecule has 1 N–H and O–H groups in total. The van der Waals surface area contributed by atoms with Gasteiger partial charge in [0.25, 0.3) is 0 Å². The van der Waals surface area contributed by atoms with E-state index >= 15 is 0 Å². The summed E-state index contributed by atoms with van der Waals surface area (Å²) < 4.78 is 97.4. The number of aryl methyl sites for hydroxylation is 3. The first-order valence-electron chi connectivity index (χ1n) is 11.2. The summed E-state index contributed by atoms with van der Waals surface area (Å²) in [6.07, 6.45) is -8.20. The molecule has 198 valence electrons. The first-order chi connectivity index (χ1) is 16.0. The third kappa shape index (κ3) is 6.86. The summed E-state index contributed by atoms with van der Waals surface area (Å²) in [5.41, 5.74) is 3.70. The molecule has 0 aliphatic carbocycles. The topological polar surface area (TPSA) is 33.1 Å². The molecule has 2 heterocycles. The number of aromatic nitrogens is 2. The fraction of sp³-hybridized carbons (Fsp3) is 0.609. The zero-order valence-electron chi connectivity index (χ0n) is 20.3. The van der Waals surface area contributed by atoms with E-state index in [0.717, 1.165) is 35.2 Å². The van der Waals surface area contributed by atoms with Gasteiger partial charge in [0.15, 0.2) is 5.69 Å². The van der Waals surface area contributed by atoms with E-state index in [1.54, 1.807) is 4.57 Å². The minimum Gasteiger partial charge on any atom is -0.312 e. The van der Waals surface area contributed by atoms with E-state index in [1.165, 1.54) is 0 Å². The highest BCUT2D eigenvalue weighted by atomic mass is 19.4. The number of anilines is 2. The Morgan fingerprint density at radius 2 is 1.49 bits per heavy atom. The fourth-order valence-corrected chi connectivity index (χ4v) is 4.00. The van der Waals surface area contributed by atoms with Gasteiger partial charge >= 0.3 is 18.3 Å². The van der Waals surface area contributed by atoms with E-state index in [9.17, 15) is 35.1 Å². The largest absolute Gasteiger partial charge is 0.452 e. The van der Waals surface area contributed by atoms with Crippen LogP contribution < -0.4 is 10.2 Å². The Morgan fingerprint density at radius 3 is 1.94 bits per heavy atom. The number of halogens is 8. The Balaban J connectivity index is 0.000000466. The van der Waals surface area contributed by atoms with Crippen LogP contribution in [0.3, 0.4) is 0 Å². The maximum Gasteiger partial charge on any atom is 0.452 e. The second kappa shape index (κ2) is 10.7. The average molecular weight is 515 g/mol. The second-order valence-electron chi connectivity index (χ2n) is 8.67. The summed E-state index contributed by atoms with van der Waals surface area (Å²) in [5.74, 6) is -4.16. The Hall–Kier alpha value is -2.37. The highest BCUT2D eigenvalue weighted by molar-refractivity contribution is 5.68. The molecule has 2 aromatic rings. The molecule has 0 spiro atoms. The van der Waals surface area contributed by atoms with Crippen molar-refractivity contribution in [2.75, 3.05) is 18.0 Å². The van der Waals surface area contributed by atoms with Crippen molar-refractivity contribution in [1.29, 1.82) is 0 Å². The van der Waals surface area contributed by atoms with Gasteiger partial charge in [-0.25, -0.2) is 4.98 Å². The van der Waals surface area contributed by atoms with Crippen molar-refractivity contribution in [3.8, 4) is 0 Å². The van der Waals surface area contributed by atoms with Gasteiger partial charge in [0.05, 0.1) is 5.69 Å². The first kappa shape index (κ1) is 28.9. The average Bonchev–Trinajstić information content (AvgIpc) is 3.06. The van der Waals surface area contributed by atoms with Crippen LogP contribution in [0.2, 0.25) is 0 Å². The molecule has 35 heavy (non-hydrogen) atoms. The molecular formula is C23H30F8N4. The van der Waals surface area contributed by atoms with E-state index in [-0.39, 0.29) is 19.2 Å². The predicted octanol–water partition coefficient (Wildman–Crippen LogP) is 7.07. The van der Waals surface area contributed by atoms with Gasteiger partial charge < -0.3 is 14.8 Å². The molecule has 0 amide bonds. The summed E-state index contributed by atoms with van der Waals surface area (Å²) >= 11 is 0. The molecule has 4 nitrogen and oxygen atoms in total. The second-order valence-corrected chi connectivity index (χ2v) is 8.67. The molecule has 12 heteroatoms. The van der Waals surface area contributed by atoms with E-state index in [1.807, 2.05) is 32.6 Å². The monoisotopic (exact) mass is 514 g/mol. The van der Waals surface area contributed by atoms with Gasteiger partial charge in [-0.3, -0.25) is 0 Å². The van der Waals surface area contributed by atoms with Crippen molar-refractivity contribution in [3.05, 3.63) is 40.2 Å². The van der Waals surface area contributed by atoms with Crippen LogP contribution in [0.4, 0.5) is 46.8 Å². The van der Waals surface area contributed by atoms with Gasteiger partial charge in [0.1, 0.15) is 0 Å². The van der Waals surface area contributed by atoms with E-state index in [0.29, 0.717) is 25.6 Å². The Morgan fingerprint density at radius 1 is 0.943 bits per heavy atom. The normalized spacial score (nSPS) is 14.5. The van der Waals surface area contributed by atoms with Crippen LogP contribution in [0.25, 0.3) is 0 Å². The quantitative estimate of drug-likeness (QED) is 0.342. The number of nitrogens with zero attached hydrogens (tertiary/aromatic N) is 3. The van der Waals surface area contributed by atoms with Crippen LogP contribution in [0.1, 0.15) is 54.8 Å². The lowest BCUT2D eigenvalue weighted by Gasteiger charge is -2.32. The summed E-state index contributed by atoms with van der Waals surface area (Å²) in [6, 6.07) is 4.14. The molecule has 0 fully saturated rings. The highest BCUT2D eigenvalue weighted by Crippen LogP contribution is 2.40. The summed E-state index contributed by atoms with van der Waals surface area (Å²) in [5, 5.41) is 3.11. The molecule has 3 rings (SSSR count). The maximum atomic E-state index is 13.7. The lowest BCUT2D eigenvalue weighted by atomic mass is 10.0. The number of hydrogen-bond acceptors (Lipinski definition) is 3. The molecule has 1 aromatic heterocycles. The van der Waals surface area contributed by atoms with Gasteiger partial charge in [-0.2, -0.15) is 35.1 Å². The SMILES string of the molecule is CC(F)(F)C(F)(F)F.CCCNCc1c(C(F)(F)F)nc2n1CCCN2c1c(C)cc(C)cc1C. The van der Waals surface area contributed by atoms with E-state index in [4.69, 9.17) is 0 Å². The maximum absolute atomic E-state index is 13.7. The fourth-order valence-electron chi connectivity index (χ4n) is 4.00. The van der Waals surface area contributed by atoms with Crippen LogP contribution in [-0.2, 0) is 19.3 Å². The Bertz CT molecular complexity index is 968. The zero-order valence-corrected chi connectivity index (χ0v) is 20.3. The number of fused-ring (bicyclic) bond motifs is 1. The van der Waals surface area contributed by atoms with Crippen molar-refractivity contribution < 1.29 is 35.1 Å². The molecule has 0 saturated carbocycles. The molecule has 1 aromatic carbocycles. The molecular weight excluding hydrogens is 484 g/mol. The third-order valence-corrected chi connectivity index (χ3v) is 5.45. The van der Waals surface area contributed by atoms with Crippen LogP contribution in [0.15, 0.2) is 12.1 Å².